The smallest absolute Gasteiger partial charge is 0.229 e. The molecule has 1 heterocycles. The standard InChI is InChI=1S/C35H51N5O2S/c1-12-25(4)21-33(41)36-32-20-19-31(38-39-32)18-16-15-17-27(6)43-28(7)40(11)26(5)22-29(13-2)23-30(14-3)24-34(42)37-35(8,9)10/h12-14,19-20,23H,3,5-7,15-18,21-22,24H2,1-2,4,8-11H3,(H,37,42)(H,36,39,41)/b25-12+,29-13-,30-23+. The Hall–Kier alpha value is -3.65. The second-order valence-corrected chi connectivity index (χ2v) is 12.8. The molecule has 0 aliphatic rings. The molecule has 0 saturated heterocycles. The van der Waals surface area contributed by atoms with Crippen LogP contribution in [-0.4, -0.2) is 39.5 Å². The van der Waals surface area contributed by atoms with Gasteiger partial charge in [0.15, 0.2) is 5.82 Å². The first-order valence-electron chi connectivity index (χ1n) is 14.7. The lowest BCUT2D eigenvalue weighted by molar-refractivity contribution is -0.121. The van der Waals surface area contributed by atoms with E-state index in [0.29, 0.717) is 18.7 Å². The van der Waals surface area contributed by atoms with Gasteiger partial charge < -0.3 is 15.5 Å². The number of carbonyl (C=O) groups is 2. The fourth-order valence-electron chi connectivity index (χ4n) is 3.85. The summed E-state index contributed by atoms with van der Waals surface area (Å²) < 4.78 is 0. The number of rotatable bonds is 18. The van der Waals surface area contributed by atoms with Gasteiger partial charge in [-0.25, -0.2) is 0 Å². The van der Waals surface area contributed by atoms with Gasteiger partial charge in [0.1, 0.15) is 0 Å². The first-order chi connectivity index (χ1) is 20.2. The highest BCUT2D eigenvalue weighted by Gasteiger charge is 2.15. The Morgan fingerprint density at radius 2 is 1.67 bits per heavy atom. The minimum atomic E-state index is -0.278. The number of hydrogen-bond acceptors (Lipinski definition) is 6. The lowest BCUT2D eigenvalue weighted by atomic mass is 10.0. The number of allylic oxidation sites excluding steroid dienone is 6. The molecule has 2 amide bonds. The van der Waals surface area contributed by atoms with Crippen LogP contribution in [0.3, 0.4) is 0 Å². The second kappa shape index (κ2) is 18.8. The van der Waals surface area contributed by atoms with Gasteiger partial charge in [0.05, 0.1) is 17.1 Å². The Balaban J connectivity index is 2.50. The number of thioether (sulfide) groups is 1. The highest BCUT2D eigenvalue weighted by Crippen LogP contribution is 2.31. The Morgan fingerprint density at radius 1 is 0.977 bits per heavy atom. The number of aryl methyl sites for hydroxylation is 1. The van der Waals surface area contributed by atoms with Crippen molar-refractivity contribution in [3.8, 4) is 0 Å². The lowest BCUT2D eigenvalue weighted by Gasteiger charge is -2.24. The third-order valence-corrected chi connectivity index (χ3v) is 7.46. The first-order valence-corrected chi connectivity index (χ1v) is 15.5. The van der Waals surface area contributed by atoms with Crippen molar-refractivity contribution in [1.82, 2.24) is 20.4 Å². The number of anilines is 1. The van der Waals surface area contributed by atoms with Gasteiger partial charge in [0, 0.05) is 31.1 Å². The fourth-order valence-corrected chi connectivity index (χ4v) is 4.70. The van der Waals surface area contributed by atoms with E-state index in [2.05, 4.69) is 47.1 Å². The summed E-state index contributed by atoms with van der Waals surface area (Å²) in [5.74, 6) is 0.340. The molecule has 0 atom stereocenters. The molecule has 0 aromatic carbocycles. The fraction of sp³-hybridized carbons (Fsp3) is 0.429. The third-order valence-electron chi connectivity index (χ3n) is 6.46. The topological polar surface area (TPSA) is 87.2 Å². The zero-order valence-corrected chi connectivity index (χ0v) is 28.1. The average molecular weight is 606 g/mol. The molecule has 0 spiro atoms. The molecular weight excluding hydrogens is 554 g/mol. The van der Waals surface area contributed by atoms with Gasteiger partial charge in [-0.05, 0) is 95.4 Å². The molecule has 0 saturated carbocycles. The molecule has 43 heavy (non-hydrogen) atoms. The van der Waals surface area contributed by atoms with Crippen LogP contribution in [0, 0.1) is 0 Å². The van der Waals surface area contributed by atoms with Crippen LogP contribution >= 0.6 is 11.8 Å². The molecule has 234 valence electrons. The summed E-state index contributed by atoms with van der Waals surface area (Å²) in [4.78, 5) is 27.4. The molecule has 0 aliphatic heterocycles. The number of aromatic nitrogens is 2. The number of carbonyl (C=O) groups excluding carboxylic acids is 2. The van der Waals surface area contributed by atoms with Gasteiger partial charge in [-0.2, -0.15) is 5.10 Å². The molecule has 2 N–H and O–H groups in total. The van der Waals surface area contributed by atoms with E-state index in [9.17, 15) is 9.59 Å². The predicted molar refractivity (Wildman–Crippen MR) is 184 cm³/mol. The molecule has 0 aliphatic carbocycles. The van der Waals surface area contributed by atoms with Gasteiger partial charge in [0.25, 0.3) is 0 Å². The van der Waals surface area contributed by atoms with Crippen LogP contribution in [0.5, 0.6) is 0 Å². The summed E-state index contributed by atoms with van der Waals surface area (Å²) in [5, 5.41) is 15.0. The van der Waals surface area contributed by atoms with Gasteiger partial charge in [0.2, 0.25) is 11.8 Å². The number of hydrogen-bond donors (Lipinski definition) is 2. The average Bonchev–Trinajstić information content (AvgIpc) is 2.93. The van der Waals surface area contributed by atoms with Crippen LogP contribution in [0.25, 0.3) is 0 Å². The van der Waals surface area contributed by atoms with E-state index in [1.54, 1.807) is 23.9 Å². The van der Waals surface area contributed by atoms with E-state index in [1.807, 2.05) is 77.8 Å². The van der Waals surface area contributed by atoms with E-state index in [1.165, 1.54) is 0 Å². The molecule has 8 heteroatoms. The van der Waals surface area contributed by atoms with Gasteiger partial charge in [-0.1, -0.05) is 68.0 Å². The van der Waals surface area contributed by atoms with Crippen molar-refractivity contribution in [1.29, 1.82) is 0 Å². The van der Waals surface area contributed by atoms with Gasteiger partial charge in [-0.3, -0.25) is 9.59 Å². The molecule has 1 rings (SSSR count). The van der Waals surface area contributed by atoms with Crippen molar-refractivity contribution in [3.63, 3.8) is 0 Å². The molecule has 0 fully saturated rings. The molecule has 0 unspecified atom stereocenters. The van der Waals surface area contributed by atoms with Crippen molar-refractivity contribution in [2.75, 3.05) is 12.4 Å². The van der Waals surface area contributed by atoms with Crippen molar-refractivity contribution in [2.24, 2.45) is 0 Å². The van der Waals surface area contributed by atoms with Crippen LogP contribution in [0.15, 0.2) is 95.1 Å². The van der Waals surface area contributed by atoms with Crippen LogP contribution in [0.2, 0.25) is 0 Å². The summed E-state index contributed by atoms with van der Waals surface area (Å²) in [6.07, 6.45) is 12.5. The van der Waals surface area contributed by atoms with Gasteiger partial charge in [-0.15, -0.1) is 5.10 Å². The largest absolute Gasteiger partial charge is 0.351 e. The quantitative estimate of drug-likeness (QED) is 0.0993. The number of amides is 2. The highest BCUT2D eigenvalue weighted by atomic mass is 32.2. The molecule has 0 radical (unpaired) electrons. The van der Waals surface area contributed by atoms with Crippen LogP contribution in [-0.2, 0) is 16.0 Å². The maximum Gasteiger partial charge on any atom is 0.229 e. The number of nitrogens with zero attached hydrogens (tertiary/aromatic N) is 3. The Bertz CT molecular complexity index is 1250. The summed E-state index contributed by atoms with van der Waals surface area (Å²) in [7, 11) is 1.96. The third kappa shape index (κ3) is 16.0. The van der Waals surface area contributed by atoms with Crippen molar-refractivity contribution in [3.05, 3.63) is 101 Å². The van der Waals surface area contributed by atoms with E-state index in [0.717, 1.165) is 63.7 Å². The molecule has 7 nitrogen and oxygen atoms in total. The summed E-state index contributed by atoms with van der Waals surface area (Å²) in [6.45, 7) is 28.3. The number of unbranched alkanes of at least 4 members (excludes halogenated alkanes) is 1. The maximum atomic E-state index is 12.4. The van der Waals surface area contributed by atoms with E-state index in [4.69, 9.17) is 0 Å². The maximum absolute atomic E-state index is 12.4. The second-order valence-electron chi connectivity index (χ2n) is 11.6. The van der Waals surface area contributed by atoms with Gasteiger partial charge >= 0.3 is 0 Å². The van der Waals surface area contributed by atoms with E-state index >= 15 is 0 Å². The summed E-state index contributed by atoms with van der Waals surface area (Å²) in [5.41, 5.74) is 4.43. The van der Waals surface area contributed by atoms with Crippen LogP contribution in [0.1, 0.15) is 85.8 Å². The molecule has 1 aromatic rings. The number of nitrogens with one attached hydrogen (secondary N) is 2. The van der Waals surface area contributed by atoms with E-state index in [-0.39, 0.29) is 23.8 Å². The van der Waals surface area contributed by atoms with Crippen LogP contribution < -0.4 is 10.6 Å². The zero-order valence-electron chi connectivity index (χ0n) is 27.3. The van der Waals surface area contributed by atoms with Crippen molar-refractivity contribution < 1.29 is 9.59 Å². The monoisotopic (exact) mass is 605 g/mol. The Kier molecular flexibility index (Phi) is 16.3. The summed E-state index contributed by atoms with van der Waals surface area (Å²) in [6, 6.07) is 3.70. The normalized spacial score (nSPS) is 12.4. The minimum Gasteiger partial charge on any atom is -0.351 e. The molecule has 0 bridgehead atoms. The van der Waals surface area contributed by atoms with Crippen molar-refractivity contribution >= 4 is 29.4 Å². The van der Waals surface area contributed by atoms with E-state index < -0.39 is 0 Å². The zero-order chi connectivity index (χ0) is 32.6. The summed E-state index contributed by atoms with van der Waals surface area (Å²) >= 11 is 1.56. The molecular formula is C35H51N5O2S. The van der Waals surface area contributed by atoms with Crippen LogP contribution in [0.4, 0.5) is 5.82 Å². The lowest BCUT2D eigenvalue weighted by Crippen LogP contribution is -2.40. The minimum absolute atomic E-state index is 0.0320. The predicted octanol–water partition coefficient (Wildman–Crippen LogP) is 8.40. The highest BCUT2D eigenvalue weighted by molar-refractivity contribution is 8.06. The Labute approximate surface area is 264 Å². The molecule has 1 aromatic heterocycles. The SMILES string of the molecule is C=C/C(=C\C(=C/C)CC(=C)N(C)C(=C)SC(=C)CCCCc1ccc(NC(=O)C/C(C)=C/C)nn1)CC(=O)NC(C)(C)C. The first kappa shape index (κ1) is 37.4. The van der Waals surface area contributed by atoms with Crippen molar-refractivity contribution in [2.45, 2.75) is 92.0 Å². The Morgan fingerprint density at radius 3 is 2.23 bits per heavy atom.